The molecule has 3 nitrogen and oxygen atoms in total. The zero-order valence-corrected chi connectivity index (χ0v) is 14.8. The molecule has 0 saturated heterocycles. The van der Waals surface area contributed by atoms with Crippen LogP contribution < -0.4 is 4.74 Å². The highest BCUT2D eigenvalue weighted by molar-refractivity contribution is 7.99. The van der Waals surface area contributed by atoms with Crippen LogP contribution in [0.2, 0.25) is 0 Å². The summed E-state index contributed by atoms with van der Waals surface area (Å²) in [4.78, 5) is 3.32. The normalized spacial score (nSPS) is 13.0. The van der Waals surface area contributed by atoms with Gasteiger partial charge in [0.1, 0.15) is 11.3 Å². The van der Waals surface area contributed by atoms with Crippen molar-refractivity contribution in [3.05, 3.63) is 23.0 Å². The minimum absolute atomic E-state index is 0.152. The number of nitrogens with zero attached hydrogens (tertiary/aromatic N) is 1. The van der Waals surface area contributed by atoms with E-state index in [0.29, 0.717) is 6.04 Å². The minimum Gasteiger partial charge on any atom is -0.489 e. The monoisotopic (exact) mass is 324 g/mol. The number of fused-ring (bicyclic) bond motifs is 1. The lowest BCUT2D eigenvalue weighted by molar-refractivity contribution is 0.245. The fourth-order valence-corrected chi connectivity index (χ4v) is 3.62. The van der Waals surface area contributed by atoms with Gasteiger partial charge in [-0.3, -0.25) is 0 Å². The number of rotatable bonds is 7. The molecule has 0 radical (unpaired) electrons. The van der Waals surface area contributed by atoms with E-state index in [0.717, 1.165) is 33.7 Å². The highest BCUT2D eigenvalue weighted by atomic mass is 32.2. The van der Waals surface area contributed by atoms with Crippen molar-refractivity contribution in [2.24, 2.45) is 0 Å². The van der Waals surface area contributed by atoms with Crippen molar-refractivity contribution in [3.63, 3.8) is 0 Å². The molecular weight excluding hydrogens is 300 g/mol. The quantitative estimate of drug-likeness (QED) is 0.561. The summed E-state index contributed by atoms with van der Waals surface area (Å²) < 4.78 is 8.87. The van der Waals surface area contributed by atoms with Gasteiger partial charge in [-0.05, 0) is 63.0 Å². The number of hydrogen-bond donors (Lipinski definition) is 1. The van der Waals surface area contributed by atoms with Crippen LogP contribution in [0.5, 0.6) is 5.75 Å². The number of nitrogens with one attached hydrogen (secondary N) is 1. The largest absolute Gasteiger partial charge is 0.489 e. The number of aromatic amines is 1. The first kappa shape index (κ1) is 16.4. The maximum Gasteiger partial charge on any atom is 0.178 e. The number of benzene rings is 1. The molecule has 2 aromatic rings. The molecule has 1 N–H and O–H groups in total. The summed E-state index contributed by atoms with van der Waals surface area (Å²) in [6, 6.07) is 6.53. The molecule has 1 atom stereocenters. The van der Waals surface area contributed by atoms with E-state index < -0.39 is 0 Å². The fraction of sp³-hybridized carbons (Fsp3) is 0.562. The van der Waals surface area contributed by atoms with Gasteiger partial charge < -0.3 is 14.3 Å². The Labute approximate surface area is 136 Å². The zero-order chi connectivity index (χ0) is 15.4. The molecule has 0 saturated carbocycles. The lowest BCUT2D eigenvalue weighted by Gasteiger charge is -2.15. The summed E-state index contributed by atoms with van der Waals surface area (Å²) in [5, 5.41) is 0. The maximum atomic E-state index is 5.88. The molecule has 0 spiro atoms. The number of aromatic nitrogens is 2. The first-order chi connectivity index (χ1) is 10.0. The van der Waals surface area contributed by atoms with Gasteiger partial charge >= 0.3 is 0 Å². The summed E-state index contributed by atoms with van der Waals surface area (Å²) in [6.07, 6.45) is 1.27. The van der Waals surface area contributed by atoms with Gasteiger partial charge in [-0.1, -0.05) is 13.0 Å². The van der Waals surface area contributed by atoms with Crippen LogP contribution in [-0.2, 0) is 0 Å². The SMILES string of the molecule is CCSCCC(C)n1c(=S)[nH]c2c(OC(C)C)cccc21. The van der Waals surface area contributed by atoms with Crippen LogP contribution in [-0.4, -0.2) is 27.2 Å². The molecule has 0 aliphatic rings. The Balaban J connectivity index is 2.36. The molecule has 0 amide bonds. The van der Waals surface area contributed by atoms with Gasteiger partial charge in [-0.2, -0.15) is 11.8 Å². The summed E-state index contributed by atoms with van der Waals surface area (Å²) in [5.41, 5.74) is 2.14. The predicted molar refractivity (Wildman–Crippen MR) is 95.2 cm³/mol. The standard InChI is InChI=1S/C16H24N2OS2/c1-5-21-10-9-12(4)18-13-7-6-8-14(19-11(2)3)15(13)17-16(18)20/h6-8,11-12H,5,9-10H2,1-4H3,(H,17,20). The molecule has 21 heavy (non-hydrogen) atoms. The Bertz CT molecular complexity index is 645. The van der Waals surface area contributed by atoms with E-state index in [9.17, 15) is 0 Å². The van der Waals surface area contributed by atoms with Crippen molar-refractivity contribution in [3.8, 4) is 5.75 Å². The molecule has 5 heteroatoms. The van der Waals surface area contributed by atoms with Crippen LogP contribution in [0, 0.1) is 4.77 Å². The zero-order valence-electron chi connectivity index (χ0n) is 13.2. The molecule has 2 rings (SSSR count). The third kappa shape index (κ3) is 3.83. The number of imidazole rings is 1. The second kappa shape index (κ2) is 7.36. The van der Waals surface area contributed by atoms with E-state index in [1.54, 1.807) is 0 Å². The van der Waals surface area contributed by atoms with Crippen LogP contribution in [0.1, 0.15) is 40.2 Å². The molecular formula is C16H24N2OS2. The Morgan fingerprint density at radius 2 is 2.10 bits per heavy atom. The average Bonchev–Trinajstić information content (AvgIpc) is 2.75. The number of hydrogen-bond acceptors (Lipinski definition) is 3. The van der Waals surface area contributed by atoms with Crippen LogP contribution in [0.15, 0.2) is 18.2 Å². The lowest BCUT2D eigenvalue weighted by Crippen LogP contribution is -2.07. The third-order valence-electron chi connectivity index (χ3n) is 3.40. The van der Waals surface area contributed by atoms with E-state index in [2.05, 4.69) is 29.5 Å². The van der Waals surface area contributed by atoms with E-state index >= 15 is 0 Å². The molecule has 1 heterocycles. The summed E-state index contributed by atoms with van der Waals surface area (Å²) in [6.45, 7) is 8.50. The van der Waals surface area contributed by atoms with Crippen LogP contribution in [0.25, 0.3) is 11.0 Å². The van der Waals surface area contributed by atoms with Crippen molar-refractivity contribution in [2.45, 2.75) is 46.3 Å². The van der Waals surface area contributed by atoms with Gasteiger partial charge in [0.25, 0.3) is 0 Å². The van der Waals surface area contributed by atoms with Crippen molar-refractivity contribution in [1.29, 1.82) is 0 Å². The summed E-state index contributed by atoms with van der Waals surface area (Å²) in [5.74, 6) is 3.20. The molecule has 1 aromatic carbocycles. The van der Waals surface area contributed by atoms with E-state index in [4.69, 9.17) is 17.0 Å². The Hall–Kier alpha value is -0.940. The van der Waals surface area contributed by atoms with Gasteiger partial charge in [0, 0.05) is 6.04 Å². The van der Waals surface area contributed by atoms with E-state index in [1.807, 2.05) is 37.7 Å². The third-order valence-corrected chi connectivity index (χ3v) is 4.63. The molecule has 116 valence electrons. The van der Waals surface area contributed by atoms with Crippen LogP contribution in [0.3, 0.4) is 0 Å². The minimum atomic E-state index is 0.152. The molecule has 0 aliphatic carbocycles. The van der Waals surface area contributed by atoms with Crippen LogP contribution >= 0.6 is 24.0 Å². The van der Waals surface area contributed by atoms with Gasteiger partial charge in [0.05, 0.1) is 11.6 Å². The number of ether oxygens (including phenoxy) is 1. The van der Waals surface area contributed by atoms with Gasteiger partial charge in [0.2, 0.25) is 0 Å². The lowest BCUT2D eigenvalue weighted by atomic mass is 10.2. The van der Waals surface area contributed by atoms with E-state index in [-0.39, 0.29) is 6.10 Å². The first-order valence-corrected chi connectivity index (χ1v) is 9.08. The topological polar surface area (TPSA) is 29.9 Å². The van der Waals surface area contributed by atoms with Gasteiger partial charge in [-0.15, -0.1) is 0 Å². The van der Waals surface area contributed by atoms with Crippen molar-refractivity contribution in [2.75, 3.05) is 11.5 Å². The summed E-state index contributed by atoms with van der Waals surface area (Å²) >= 11 is 7.50. The van der Waals surface area contributed by atoms with Crippen molar-refractivity contribution < 1.29 is 4.74 Å². The molecule has 0 bridgehead atoms. The van der Waals surface area contributed by atoms with Crippen molar-refractivity contribution in [1.82, 2.24) is 9.55 Å². The second-order valence-corrected chi connectivity index (χ2v) is 7.23. The van der Waals surface area contributed by atoms with Crippen LogP contribution in [0.4, 0.5) is 0 Å². The summed E-state index contributed by atoms with van der Waals surface area (Å²) in [7, 11) is 0. The molecule has 0 aliphatic heterocycles. The average molecular weight is 325 g/mol. The fourth-order valence-electron chi connectivity index (χ4n) is 2.44. The maximum absolute atomic E-state index is 5.88. The molecule has 0 fully saturated rings. The Kier molecular flexibility index (Phi) is 5.76. The molecule has 1 aromatic heterocycles. The highest BCUT2D eigenvalue weighted by Gasteiger charge is 2.14. The second-order valence-electron chi connectivity index (χ2n) is 5.45. The van der Waals surface area contributed by atoms with Gasteiger partial charge in [0.15, 0.2) is 4.77 Å². The Morgan fingerprint density at radius 3 is 2.76 bits per heavy atom. The predicted octanol–water partition coefficient (Wildman–Crippen LogP) is 5.19. The first-order valence-electron chi connectivity index (χ1n) is 7.52. The Morgan fingerprint density at radius 1 is 1.33 bits per heavy atom. The van der Waals surface area contributed by atoms with Crippen molar-refractivity contribution >= 4 is 35.0 Å². The van der Waals surface area contributed by atoms with E-state index in [1.165, 1.54) is 5.75 Å². The smallest absolute Gasteiger partial charge is 0.178 e. The molecule has 1 unspecified atom stereocenters. The number of thioether (sulfide) groups is 1. The number of para-hydroxylation sites is 1. The highest BCUT2D eigenvalue weighted by Crippen LogP contribution is 2.29. The number of H-pyrrole nitrogens is 1. The van der Waals surface area contributed by atoms with Gasteiger partial charge in [-0.25, -0.2) is 0 Å².